The first-order chi connectivity index (χ1) is 4.41. The first-order valence-electron chi connectivity index (χ1n) is 4.02. The Balaban J connectivity index is 0. The van der Waals surface area contributed by atoms with Crippen molar-refractivity contribution in [2.24, 2.45) is 0 Å². The monoisotopic (exact) mass is 204 g/mol. The number of thiol groups is 1. The van der Waals surface area contributed by atoms with Gasteiger partial charge in [0.1, 0.15) is 0 Å². The van der Waals surface area contributed by atoms with Crippen LogP contribution in [0.2, 0.25) is 0 Å². The van der Waals surface area contributed by atoms with Crippen LogP contribution in [0.5, 0.6) is 0 Å². The Hall–Kier alpha value is 0.844. The van der Waals surface area contributed by atoms with E-state index in [1.165, 1.54) is 38.5 Å². The molecule has 0 radical (unpaired) electrons. The zero-order chi connectivity index (χ0) is 6.95. The van der Waals surface area contributed by atoms with Gasteiger partial charge in [-0.3, -0.25) is 0 Å². The van der Waals surface area contributed by atoms with E-state index in [1.807, 2.05) is 0 Å². The Kier molecular flexibility index (Phi) is 16.8. The van der Waals surface area contributed by atoms with E-state index in [4.69, 9.17) is 0 Å². The minimum Gasteiger partial charge on any atom is -0.179 e. The molecule has 0 aliphatic heterocycles. The Morgan fingerprint density at radius 3 is 1.90 bits per heavy atom. The van der Waals surface area contributed by atoms with E-state index < -0.39 is 0 Å². The van der Waals surface area contributed by atoms with E-state index in [-0.39, 0.29) is 16.5 Å². The van der Waals surface area contributed by atoms with Crippen LogP contribution in [0, 0.1) is 0 Å². The molecule has 0 aromatic rings. The van der Waals surface area contributed by atoms with Gasteiger partial charge in [-0.25, -0.2) is 0 Å². The Labute approximate surface area is 80.5 Å². The minimum absolute atomic E-state index is 0. The molecule has 0 aliphatic rings. The maximum atomic E-state index is 4.15. The summed E-state index contributed by atoms with van der Waals surface area (Å²) in [6, 6.07) is 0. The molecule has 0 nitrogen and oxygen atoms in total. The van der Waals surface area contributed by atoms with E-state index >= 15 is 0 Å². The molecule has 0 spiro atoms. The molecule has 0 atom stereocenters. The average Bonchev–Trinajstić information content (AvgIpc) is 1.89. The van der Waals surface area contributed by atoms with E-state index in [1.54, 1.807) is 0 Å². The van der Waals surface area contributed by atoms with Gasteiger partial charge in [0.15, 0.2) is 0 Å². The van der Waals surface area contributed by atoms with E-state index in [0.717, 1.165) is 5.75 Å². The summed E-state index contributed by atoms with van der Waals surface area (Å²) in [6.07, 6.45) is 8.27. The van der Waals surface area contributed by atoms with Crippen molar-refractivity contribution in [3.63, 3.8) is 0 Å². The number of unbranched alkanes of at least 4 members (excludes halogenated alkanes) is 5. The zero-order valence-electron chi connectivity index (χ0n) is 6.71. The molecular formula is C8H18NiS. The molecule has 2 heteroatoms. The third-order valence-electron chi connectivity index (χ3n) is 1.51. The first kappa shape index (κ1) is 13.4. The normalized spacial score (nSPS) is 9.00. The predicted octanol–water partition coefficient (Wildman–Crippen LogP) is 3.27. The van der Waals surface area contributed by atoms with Crippen LogP contribution in [0.15, 0.2) is 0 Å². The van der Waals surface area contributed by atoms with E-state index in [0.29, 0.717) is 0 Å². The molecule has 0 fully saturated rings. The van der Waals surface area contributed by atoms with Crippen LogP contribution in [0.3, 0.4) is 0 Å². The second-order valence-corrected chi connectivity index (χ2v) is 2.94. The van der Waals surface area contributed by atoms with Crippen LogP contribution in [-0.4, -0.2) is 5.75 Å². The number of rotatable bonds is 6. The molecule has 0 N–H and O–H groups in total. The molecule has 0 amide bonds. The molecule has 0 heterocycles. The standard InChI is InChI=1S/C8H18S.Ni/c1-2-3-4-5-6-7-8-9;/h9H,2-8H2,1H3;. The Morgan fingerprint density at radius 1 is 0.900 bits per heavy atom. The summed E-state index contributed by atoms with van der Waals surface area (Å²) < 4.78 is 0. The van der Waals surface area contributed by atoms with Crippen molar-refractivity contribution < 1.29 is 16.5 Å². The van der Waals surface area contributed by atoms with Gasteiger partial charge in [-0.1, -0.05) is 39.0 Å². The van der Waals surface area contributed by atoms with E-state index in [2.05, 4.69) is 19.6 Å². The van der Waals surface area contributed by atoms with Gasteiger partial charge in [-0.2, -0.15) is 12.6 Å². The van der Waals surface area contributed by atoms with Gasteiger partial charge < -0.3 is 0 Å². The molecule has 0 aromatic heterocycles. The molecule has 66 valence electrons. The summed E-state index contributed by atoms with van der Waals surface area (Å²) in [4.78, 5) is 0. The van der Waals surface area contributed by atoms with Crippen molar-refractivity contribution in [3.05, 3.63) is 0 Å². The largest absolute Gasteiger partial charge is 0.179 e. The molecular weight excluding hydrogens is 187 g/mol. The topological polar surface area (TPSA) is 0 Å². The van der Waals surface area contributed by atoms with Crippen molar-refractivity contribution in [2.45, 2.75) is 45.4 Å². The van der Waals surface area contributed by atoms with Crippen LogP contribution in [0.1, 0.15) is 45.4 Å². The van der Waals surface area contributed by atoms with Crippen molar-refractivity contribution >= 4 is 12.6 Å². The fourth-order valence-corrected chi connectivity index (χ4v) is 1.12. The average molecular weight is 205 g/mol. The third-order valence-corrected chi connectivity index (χ3v) is 1.83. The molecule has 0 bridgehead atoms. The molecule has 0 aromatic carbocycles. The van der Waals surface area contributed by atoms with Gasteiger partial charge >= 0.3 is 0 Å². The maximum Gasteiger partial charge on any atom is 0 e. The first-order valence-corrected chi connectivity index (χ1v) is 4.66. The maximum absolute atomic E-state index is 4.15. The van der Waals surface area contributed by atoms with Gasteiger partial charge in [0, 0.05) is 16.5 Å². The summed E-state index contributed by atoms with van der Waals surface area (Å²) in [5.41, 5.74) is 0. The fraction of sp³-hybridized carbons (Fsp3) is 1.00. The van der Waals surface area contributed by atoms with Crippen LogP contribution in [-0.2, 0) is 16.5 Å². The summed E-state index contributed by atoms with van der Waals surface area (Å²) in [5, 5.41) is 0. The van der Waals surface area contributed by atoms with Crippen LogP contribution in [0.4, 0.5) is 0 Å². The van der Waals surface area contributed by atoms with Gasteiger partial charge in [0.05, 0.1) is 0 Å². The van der Waals surface area contributed by atoms with Gasteiger partial charge in [-0.15, -0.1) is 0 Å². The summed E-state index contributed by atoms with van der Waals surface area (Å²) in [6.45, 7) is 2.25. The predicted molar refractivity (Wildman–Crippen MR) is 47.2 cm³/mol. The van der Waals surface area contributed by atoms with Gasteiger partial charge in [-0.05, 0) is 12.2 Å². The van der Waals surface area contributed by atoms with Crippen molar-refractivity contribution in [3.8, 4) is 0 Å². The van der Waals surface area contributed by atoms with Crippen LogP contribution in [0.25, 0.3) is 0 Å². The van der Waals surface area contributed by atoms with Crippen molar-refractivity contribution in [1.29, 1.82) is 0 Å². The smallest absolute Gasteiger partial charge is 0 e. The zero-order valence-corrected chi connectivity index (χ0v) is 8.60. The van der Waals surface area contributed by atoms with Gasteiger partial charge in [0.2, 0.25) is 0 Å². The van der Waals surface area contributed by atoms with Crippen molar-refractivity contribution in [2.75, 3.05) is 5.75 Å². The third kappa shape index (κ3) is 11.6. The molecule has 0 aliphatic carbocycles. The summed E-state index contributed by atoms with van der Waals surface area (Å²) in [7, 11) is 0. The van der Waals surface area contributed by atoms with E-state index in [9.17, 15) is 0 Å². The number of hydrogen-bond acceptors (Lipinski definition) is 1. The van der Waals surface area contributed by atoms with Crippen molar-refractivity contribution in [1.82, 2.24) is 0 Å². The molecule has 10 heavy (non-hydrogen) atoms. The summed E-state index contributed by atoms with van der Waals surface area (Å²) in [5.74, 6) is 1.06. The molecule has 0 saturated heterocycles. The quantitative estimate of drug-likeness (QED) is 0.384. The second kappa shape index (κ2) is 12.5. The summed E-state index contributed by atoms with van der Waals surface area (Å²) >= 11 is 4.15. The molecule has 0 rings (SSSR count). The number of hydrogen-bond donors (Lipinski definition) is 1. The van der Waals surface area contributed by atoms with Crippen LogP contribution < -0.4 is 0 Å². The van der Waals surface area contributed by atoms with Crippen LogP contribution >= 0.6 is 12.6 Å². The van der Waals surface area contributed by atoms with Gasteiger partial charge in [0.25, 0.3) is 0 Å². The fourth-order valence-electron chi connectivity index (χ4n) is 0.892. The Morgan fingerprint density at radius 2 is 1.40 bits per heavy atom. The minimum atomic E-state index is 0. The SMILES string of the molecule is CCCCCCCCS.[Ni]. The Bertz CT molecular complexity index is 42.5. The molecule has 0 unspecified atom stereocenters. The molecule has 0 saturated carbocycles. The second-order valence-electron chi connectivity index (χ2n) is 2.49.